The Hall–Kier alpha value is -1.92. The average Bonchev–Trinajstić information content (AvgIpc) is 3.38. The van der Waals surface area contributed by atoms with Crippen molar-refractivity contribution in [2.45, 2.75) is 360 Å². The fraction of sp³-hybridized carbons (Fsp3) is 0.879. The highest BCUT2D eigenvalue weighted by Gasteiger charge is 2.18. The van der Waals surface area contributed by atoms with Crippen LogP contribution in [-0.4, -0.2) is 47.4 Å². The second kappa shape index (κ2) is 61.6. The lowest BCUT2D eigenvalue weighted by atomic mass is 10.0. The third kappa shape index (κ3) is 57.4. The Morgan fingerprint density at radius 3 is 1.10 bits per heavy atom. The summed E-state index contributed by atoms with van der Waals surface area (Å²) in [6.07, 6.45) is 77.6. The first-order chi connectivity index (χ1) is 35.5. The van der Waals surface area contributed by atoms with Crippen molar-refractivity contribution < 1.29 is 24.5 Å². The van der Waals surface area contributed by atoms with E-state index in [1.165, 1.54) is 270 Å². The number of allylic oxidation sites excluding steroid dienone is 5. The number of carbonyl (C=O) groups excluding carboxylic acids is 2. The molecule has 6 heteroatoms. The van der Waals surface area contributed by atoms with Crippen LogP contribution in [0.2, 0.25) is 0 Å². The number of amides is 1. The first kappa shape index (κ1) is 70.1. The zero-order valence-corrected chi connectivity index (χ0v) is 48.4. The normalized spacial score (nSPS) is 12.8. The zero-order chi connectivity index (χ0) is 52.2. The zero-order valence-electron chi connectivity index (χ0n) is 48.4. The summed E-state index contributed by atoms with van der Waals surface area (Å²) in [7, 11) is 0. The largest absolute Gasteiger partial charge is 0.466 e. The van der Waals surface area contributed by atoms with E-state index in [1.54, 1.807) is 6.08 Å². The van der Waals surface area contributed by atoms with Crippen LogP contribution >= 0.6 is 0 Å². The summed E-state index contributed by atoms with van der Waals surface area (Å²) in [6, 6.07) is -0.634. The van der Waals surface area contributed by atoms with Gasteiger partial charge < -0.3 is 20.3 Å². The molecule has 0 aliphatic rings. The summed E-state index contributed by atoms with van der Waals surface area (Å²) in [5.74, 6) is -0.0802. The van der Waals surface area contributed by atoms with Crippen LogP contribution in [0.3, 0.4) is 0 Å². The van der Waals surface area contributed by atoms with E-state index in [0.29, 0.717) is 19.4 Å². The van der Waals surface area contributed by atoms with Gasteiger partial charge in [0, 0.05) is 12.8 Å². The van der Waals surface area contributed by atoms with E-state index in [-0.39, 0.29) is 18.5 Å². The van der Waals surface area contributed by atoms with Crippen LogP contribution in [0, 0.1) is 0 Å². The van der Waals surface area contributed by atoms with Gasteiger partial charge in [-0.25, -0.2) is 0 Å². The quantitative estimate of drug-likeness (QED) is 0.0320. The van der Waals surface area contributed by atoms with Gasteiger partial charge in [0.25, 0.3) is 0 Å². The van der Waals surface area contributed by atoms with E-state index >= 15 is 0 Å². The molecular weight excluding hydrogens is 887 g/mol. The van der Waals surface area contributed by atoms with E-state index in [0.717, 1.165) is 51.4 Å². The Balaban J connectivity index is 3.45. The molecule has 0 aromatic carbocycles. The molecule has 0 fully saturated rings. The monoisotopic (exact) mass is 1010 g/mol. The number of aliphatic hydroxyl groups excluding tert-OH is 2. The number of hydrogen-bond donors (Lipinski definition) is 3. The molecule has 3 N–H and O–H groups in total. The van der Waals surface area contributed by atoms with E-state index in [2.05, 4.69) is 43.5 Å². The van der Waals surface area contributed by atoms with Crippen LogP contribution in [0.25, 0.3) is 0 Å². The van der Waals surface area contributed by atoms with Gasteiger partial charge in [-0.2, -0.15) is 0 Å². The van der Waals surface area contributed by atoms with Crippen molar-refractivity contribution >= 4 is 11.9 Å². The molecule has 0 bridgehead atoms. The maximum absolute atomic E-state index is 12.5. The molecule has 0 rings (SSSR count). The van der Waals surface area contributed by atoms with Crippen molar-refractivity contribution in [3.63, 3.8) is 0 Å². The van der Waals surface area contributed by atoms with Crippen molar-refractivity contribution in [2.75, 3.05) is 13.2 Å². The molecule has 424 valence electrons. The lowest BCUT2D eigenvalue weighted by Gasteiger charge is -2.20. The minimum absolute atomic E-state index is 0.00971. The highest BCUT2D eigenvalue weighted by atomic mass is 16.5. The van der Waals surface area contributed by atoms with Gasteiger partial charge in [0.1, 0.15) is 0 Å². The number of carbonyl (C=O) groups is 2. The summed E-state index contributed by atoms with van der Waals surface area (Å²) in [5.41, 5.74) is 0. The number of hydrogen-bond acceptors (Lipinski definition) is 5. The molecule has 0 aromatic rings. The maximum Gasteiger partial charge on any atom is 0.305 e. The van der Waals surface area contributed by atoms with Gasteiger partial charge in [0.15, 0.2) is 0 Å². The van der Waals surface area contributed by atoms with Crippen LogP contribution in [0.4, 0.5) is 0 Å². The Bertz CT molecular complexity index is 1170. The van der Waals surface area contributed by atoms with E-state index < -0.39 is 12.1 Å². The molecule has 0 heterocycles. The van der Waals surface area contributed by atoms with Gasteiger partial charge in [-0.1, -0.05) is 314 Å². The Labute approximate surface area is 449 Å². The molecule has 0 aliphatic carbocycles. The number of nitrogens with one attached hydrogen (secondary N) is 1. The molecule has 0 aromatic heterocycles. The molecule has 0 saturated carbocycles. The molecule has 72 heavy (non-hydrogen) atoms. The summed E-state index contributed by atoms with van der Waals surface area (Å²) in [5, 5.41) is 23.2. The molecule has 2 unspecified atom stereocenters. The van der Waals surface area contributed by atoms with Gasteiger partial charge in [0.2, 0.25) is 5.91 Å². The van der Waals surface area contributed by atoms with Crippen LogP contribution in [0.1, 0.15) is 348 Å². The maximum atomic E-state index is 12.5. The average molecular weight is 1010 g/mol. The van der Waals surface area contributed by atoms with Crippen LogP contribution in [-0.2, 0) is 14.3 Å². The molecule has 0 aliphatic heterocycles. The van der Waals surface area contributed by atoms with Crippen molar-refractivity contribution in [1.82, 2.24) is 5.32 Å². The van der Waals surface area contributed by atoms with Crippen molar-refractivity contribution in [3.05, 3.63) is 36.5 Å². The Kier molecular flexibility index (Phi) is 60.0. The molecule has 0 radical (unpaired) electrons. The molecule has 1 amide bonds. The summed E-state index contributed by atoms with van der Waals surface area (Å²) < 4.78 is 5.47. The lowest BCUT2D eigenvalue weighted by molar-refractivity contribution is -0.143. The third-order valence-electron chi connectivity index (χ3n) is 14.9. The van der Waals surface area contributed by atoms with Crippen LogP contribution < -0.4 is 5.32 Å². The third-order valence-corrected chi connectivity index (χ3v) is 14.9. The summed E-state index contributed by atoms with van der Waals surface area (Å²) in [6.45, 7) is 4.87. The topological polar surface area (TPSA) is 95.9 Å². The van der Waals surface area contributed by atoms with Gasteiger partial charge in [0.05, 0.1) is 25.4 Å². The van der Waals surface area contributed by atoms with E-state index in [4.69, 9.17) is 4.74 Å². The highest BCUT2D eigenvalue weighted by molar-refractivity contribution is 5.76. The van der Waals surface area contributed by atoms with Gasteiger partial charge in [-0.05, 0) is 57.8 Å². The first-order valence-corrected chi connectivity index (χ1v) is 32.3. The summed E-state index contributed by atoms with van der Waals surface area (Å²) >= 11 is 0. The molecule has 6 nitrogen and oxygen atoms in total. The fourth-order valence-electron chi connectivity index (χ4n) is 9.95. The molecular formula is C66H125NO5. The molecule has 0 spiro atoms. The number of aliphatic hydroxyl groups is 2. The predicted molar refractivity (Wildman–Crippen MR) is 315 cm³/mol. The molecule has 2 atom stereocenters. The number of ether oxygens (including phenoxy) is 1. The minimum Gasteiger partial charge on any atom is -0.466 e. The first-order valence-electron chi connectivity index (χ1n) is 32.3. The Morgan fingerprint density at radius 1 is 0.389 bits per heavy atom. The SMILES string of the molecule is CCCC/C=C\C/C=C\CCCCCCCC(=O)OCCCCCCCCCCCCCCCCCCCC(=O)NC(CO)C(O)/C=C/CCCCCCCCCCCCCCCCCCCCCCCC. The minimum atomic E-state index is -0.850. The highest BCUT2D eigenvalue weighted by Crippen LogP contribution is 2.18. The standard InChI is InChI=1S/C66H125NO5/c1-3-5-7-9-11-13-15-17-19-20-21-22-23-24-25-26-28-31-34-38-42-46-50-54-58-64(69)63(62-68)67-65(70)59-55-51-47-43-39-35-32-29-27-30-33-37-41-45-49-53-57-61-72-66(71)60-56-52-48-44-40-36-18-16-14-12-10-8-6-4-2/h10,12,16,18,54,58,63-64,68-69H,3-9,11,13-15,17,19-53,55-57,59-62H2,1-2H3,(H,67,70)/b12-10-,18-16-,58-54+. The number of rotatable bonds is 60. The van der Waals surface area contributed by atoms with E-state index in [1.807, 2.05) is 6.08 Å². The Morgan fingerprint density at radius 2 is 0.708 bits per heavy atom. The fourth-order valence-corrected chi connectivity index (χ4v) is 9.95. The van der Waals surface area contributed by atoms with Gasteiger partial charge in [-0.15, -0.1) is 0 Å². The van der Waals surface area contributed by atoms with Crippen LogP contribution in [0.5, 0.6) is 0 Å². The predicted octanol–water partition coefficient (Wildman–Crippen LogP) is 20.4. The van der Waals surface area contributed by atoms with Crippen molar-refractivity contribution in [2.24, 2.45) is 0 Å². The van der Waals surface area contributed by atoms with Crippen molar-refractivity contribution in [3.8, 4) is 0 Å². The van der Waals surface area contributed by atoms with Gasteiger partial charge >= 0.3 is 5.97 Å². The lowest BCUT2D eigenvalue weighted by Crippen LogP contribution is -2.45. The smallest absolute Gasteiger partial charge is 0.305 e. The second-order valence-corrected chi connectivity index (χ2v) is 22.1. The second-order valence-electron chi connectivity index (χ2n) is 22.1. The van der Waals surface area contributed by atoms with Gasteiger partial charge in [-0.3, -0.25) is 9.59 Å². The van der Waals surface area contributed by atoms with E-state index in [9.17, 15) is 19.8 Å². The van der Waals surface area contributed by atoms with Crippen LogP contribution in [0.15, 0.2) is 36.5 Å². The summed E-state index contributed by atoms with van der Waals surface area (Å²) in [4.78, 5) is 24.6. The van der Waals surface area contributed by atoms with Crippen molar-refractivity contribution in [1.29, 1.82) is 0 Å². The number of esters is 1. The molecule has 0 saturated heterocycles. The number of unbranched alkanes of at least 4 members (excludes halogenated alkanes) is 45.